The van der Waals surface area contributed by atoms with Crippen LogP contribution >= 0.6 is 7.82 Å². The van der Waals surface area contributed by atoms with E-state index in [4.69, 9.17) is 24.3 Å². The van der Waals surface area contributed by atoms with Gasteiger partial charge in [0.25, 0.3) is 0 Å². The SMILES string of the molecule is CCCCCCCCCCCCCC[C@@H](COP(=O)(O)OC[C@@]1(C)O[C@@H](C2CC=C3C(N)=NC=NN32)[C@H](O)[C@@H]1O)OCc1cc(F)cc(C#N)c1. The molecule has 1 fully saturated rings. The molecule has 4 rings (SSSR count). The first-order valence-electron chi connectivity index (χ1n) is 18.3. The van der Waals surface area contributed by atoms with Gasteiger partial charge in [-0.15, -0.1) is 0 Å². The lowest BCUT2D eigenvalue weighted by Gasteiger charge is -2.32. The summed E-state index contributed by atoms with van der Waals surface area (Å²) in [6, 6.07) is 5.38. The molecule has 2 unspecified atom stereocenters. The van der Waals surface area contributed by atoms with Crippen LogP contribution in [0.1, 0.15) is 115 Å². The minimum Gasteiger partial charge on any atom is -0.387 e. The maximum absolute atomic E-state index is 14.0. The van der Waals surface area contributed by atoms with Crippen LogP contribution in [0.5, 0.6) is 0 Å². The van der Waals surface area contributed by atoms with E-state index in [1.807, 2.05) is 12.1 Å². The molecule has 51 heavy (non-hydrogen) atoms. The van der Waals surface area contributed by atoms with Crippen molar-refractivity contribution in [2.75, 3.05) is 13.2 Å². The van der Waals surface area contributed by atoms with Gasteiger partial charge in [0.2, 0.25) is 0 Å². The molecule has 0 spiro atoms. The highest BCUT2D eigenvalue weighted by atomic mass is 31.2. The molecule has 5 N–H and O–H groups in total. The number of hydrogen-bond donors (Lipinski definition) is 4. The Kier molecular flexibility index (Phi) is 16.0. The number of fused-ring (bicyclic) bond motifs is 1. The lowest BCUT2D eigenvalue weighted by atomic mass is 9.95. The van der Waals surface area contributed by atoms with Crippen LogP contribution in [-0.4, -0.2) is 81.6 Å². The first-order chi connectivity index (χ1) is 24.5. The van der Waals surface area contributed by atoms with Crippen LogP contribution in [0.15, 0.2) is 40.1 Å². The van der Waals surface area contributed by atoms with Gasteiger partial charge in [-0.3, -0.25) is 14.1 Å². The normalized spacial score (nSPS) is 26.0. The summed E-state index contributed by atoms with van der Waals surface area (Å²) in [5, 5.41) is 36.9. The monoisotopic (exact) mass is 735 g/mol. The zero-order valence-corrected chi connectivity index (χ0v) is 30.8. The molecule has 13 nitrogen and oxygen atoms in total. The second-order valence-corrected chi connectivity index (χ2v) is 15.4. The van der Waals surface area contributed by atoms with E-state index in [0.29, 0.717) is 24.1 Å². The fraction of sp³-hybridized carbons (Fsp3) is 0.694. The molecule has 3 heterocycles. The summed E-state index contributed by atoms with van der Waals surface area (Å²) >= 11 is 0. The summed E-state index contributed by atoms with van der Waals surface area (Å²) in [6.45, 7) is 2.84. The fourth-order valence-corrected chi connectivity index (χ4v) is 7.59. The van der Waals surface area contributed by atoms with Gasteiger partial charge < -0.3 is 30.3 Å². The lowest BCUT2D eigenvalue weighted by molar-refractivity contribution is -0.110. The van der Waals surface area contributed by atoms with Crippen molar-refractivity contribution >= 4 is 20.0 Å². The summed E-state index contributed by atoms with van der Waals surface area (Å²) in [6.07, 6.45) is 13.9. The van der Waals surface area contributed by atoms with Gasteiger partial charge in [0, 0.05) is 0 Å². The van der Waals surface area contributed by atoms with Crippen LogP contribution in [0, 0.1) is 17.1 Å². The number of hydrogen-bond acceptors (Lipinski definition) is 12. The van der Waals surface area contributed by atoms with Crippen LogP contribution in [-0.2, 0) is 29.7 Å². The van der Waals surface area contributed by atoms with Crippen molar-refractivity contribution in [2.45, 2.75) is 146 Å². The van der Waals surface area contributed by atoms with Crippen molar-refractivity contribution in [1.29, 1.82) is 5.26 Å². The minimum absolute atomic E-state index is 0.0248. The zero-order chi connectivity index (χ0) is 36.9. The molecule has 0 amide bonds. The van der Waals surface area contributed by atoms with Crippen molar-refractivity contribution in [1.82, 2.24) is 5.01 Å². The molecule has 0 radical (unpaired) electrons. The number of rotatable bonds is 23. The Morgan fingerprint density at radius 1 is 1.10 bits per heavy atom. The summed E-state index contributed by atoms with van der Waals surface area (Å²) < 4.78 is 49.8. The first kappa shape index (κ1) is 41.0. The standard InChI is InChI=1S/C36H55FN5O8P/c1-3-4-5-6-7-8-9-10-11-12-13-14-15-29(47-22-27-18-26(21-38)19-28(37)20-27)23-48-51(45,46)49-24-36(2)34(44)32(43)33(50-36)30-16-17-31-35(39)40-25-41-42(30)31/h17-20,25,29-30,32-34,43-44H,3-16,22-24H2,1-2H3,(H,45,46)(H2,39,40,41)/t29-,30?,32-,33-,34-,36+/m0/s1. The molecule has 1 aromatic carbocycles. The Labute approximate surface area is 300 Å². The van der Waals surface area contributed by atoms with Gasteiger partial charge in [0.15, 0.2) is 5.84 Å². The number of unbranched alkanes of at least 4 members (excludes halogenated alkanes) is 11. The molecule has 1 saturated heterocycles. The maximum atomic E-state index is 14.0. The van der Waals surface area contributed by atoms with Crippen molar-refractivity contribution in [3.8, 4) is 6.07 Å². The average Bonchev–Trinajstić information content (AvgIpc) is 3.64. The van der Waals surface area contributed by atoms with Gasteiger partial charge in [-0.2, -0.15) is 10.4 Å². The Bertz CT molecular complexity index is 1460. The Hall–Kier alpha value is -2.73. The highest BCUT2D eigenvalue weighted by molar-refractivity contribution is 7.47. The maximum Gasteiger partial charge on any atom is 0.472 e. The first-order valence-corrected chi connectivity index (χ1v) is 19.8. The lowest BCUT2D eigenvalue weighted by Crippen LogP contribution is -2.46. The number of halogens is 1. The van der Waals surface area contributed by atoms with E-state index < -0.39 is 56.3 Å². The summed E-state index contributed by atoms with van der Waals surface area (Å²) in [7, 11) is -4.68. The van der Waals surface area contributed by atoms with Crippen molar-refractivity contribution in [3.05, 3.63) is 46.9 Å². The molecular weight excluding hydrogens is 680 g/mol. The number of ether oxygens (including phenoxy) is 2. The molecule has 0 bridgehead atoms. The third-order valence-electron chi connectivity index (χ3n) is 9.71. The van der Waals surface area contributed by atoms with Crippen LogP contribution in [0.2, 0.25) is 0 Å². The number of aliphatic imine (C=N–C) groups is 1. The number of phosphoric ester groups is 1. The number of benzene rings is 1. The van der Waals surface area contributed by atoms with Gasteiger partial charge in [-0.25, -0.2) is 13.9 Å². The molecule has 0 saturated carbocycles. The molecule has 3 aliphatic rings. The molecule has 0 aromatic heterocycles. The van der Waals surface area contributed by atoms with E-state index >= 15 is 0 Å². The van der Waals surface area contributed by atoms with Crippen molar-refractivity contribution in [3.63, 3.8) is 0 Å². The largest absolute Gasteiger partial charge is 0.472 e. The van der Waals surface area contributed by atoms with E-state index in [1.165, 1.54) is 76.8 Å². The zero-order valence-electron chi connectivity index (χ0n) is 29.9. The van der Waals surface area contributed by atoms with E-state index in [1.54, 1.807) is 5.01 Å². The van der Waals surface area contributed by atoms with Gasteiger partial charge in [-0.05, 0) is 43.5 Å². The quantitative estimate of drug-likeness (QED) is 0.0766. The van der Waals surface area contributed by atoms with Crippen molar-refractivity contribution in [2.24, 2.45) is 15.8 Å². The number of nitriles is 1. The van der Waals surface area contributed by atoms with Crippen LogP contribution < -0.4 is 5.73 Å². The molecule has 7 atom stereocenters. The molecular formula is C36H55FN5O8P. The van der Waals surface area contributed by atoms with Gasteiger partial charge in [-0.1, -0.05) is 90.0 Å². The average molecular weight is 736 g/mol. The van der Waals surface area contributed by atoms with Crippen LogP contribution in [0.3, 0.4) is 0 Å². The van der Waals surface area contributed by atoms with Crippen LogP contribution in [0.4, 0.5) is 4.39 Å². The smallest absolute Gasteiger partial charge is 0.387 e. The minimum atomic E-state index is -4.68. The number of nitrogens with two attached hydrogens (primary N) is 1. The Morgan fingerprint density at radius 3 is 2.43 bits per heavy atom. The molecule has 1 aromatic rings. The molecule has 15 heteroatoms. The predicted octanol–water partition coefficient (Wildman–Crippen LogP) is 5.96. The number of aliphatic hydroxyl groups is 2. The number of aliphatic hydroxyl groups excluding tert-OH is 2. The second kappa shape index (κ2) is 19.9. The predicted molar refractivity (Wildman–Crippen MR) is 191 cm³/mol. The number of nitrogens with zero attached hydrogens (tertiary/aromatic N) is 4. The molecule has 0 aliphatic carbocycles. The summed E-state index contributed by atoms with van der Waals surface area (Å²) in [5.41, 5.74) is 5.60. The number of phosphoric acid groups is 1. The van der Waals surface area contributed by atoms with Gasteiger partial charge >= 0.3 is 7.82 Å². The molecule has 284 valence electrons. The van der Waals surface area contributed by atoms with E-state index in [0.717, 1.165) is 31.7 Å². The number of amidine groups is 1. The summed E-state index contributed by atoms with van der Waals surface area (Å²) in [5.74, 6) is -0.285. The van der Waals surface area contributed by atoms with Crippen LogP contribution in [0.25, 0.3) is 0 Å². The molecule has 3 aliphatic heterocycles. The third-order valence-corrected chi connectivity index (χ3v) is 10.6. The van der Waals surface area contributed by atoms with E-state index in [2.05, 4.69) is 17.0 Å². The topological polar surface area (TPSA) is 192 Å². The van der Waals surface area contributed by atoms with E-state index in [9.17, 15) is 29.3 Å². The van der Waals surface area contributed by atoms with E-state index in [-0.39, 0.29) is 24.6 Å². The third kappa shape index (κ3) is 12.2. The van der Waals surface area contributed by atoms with Gasteiger partial charge in [0.1, 0.15) is 36.1 Å². The summed E-state index contributed by atoms with van der Waals surface area (Å²) in [4.78, 5) is 14.6. The van der Waals surface area contributed by atoms with Crippen molar-refractivity contribution < 1.29 is 42.6 Å². The highest BCUT2D eigenvalue weighted by Gasteiger charge is 2.56. The fourth-order valence-electron chi connectivity index (χ4n) is 6.74. The highest BCUT2D eigenvalue weighted by Crippen LogP contribution is 2.47. The van der Waals surface area contributed by atoms with Gasteiger partial charge in [0.05, 0.1) is 49.3 Å². The number of hydrazone groups is 1. The Balaban J connectivity index is 1.26. The Morgan fingerprint density at radius 2 is 1.76 bits per heavy atom. The second-order valence-electron chi connectivity index (χ2n) is 13.9.